The van der Waals surface area contributed by atoms with E-state index < -0.39 is 0 Å². The van der Waals surface area contributed by atoms with Crippen molar-refractivity contribution in [2.24, 2.45) is 0 Å². The van der Waals surface area contributed by atoms with Crippen molar-refractivity contribution in [2.45, 2.75) is 31.8 Å². The molecule has 106 valence electrons. The largest absolute Gasteiger partial charge is 0.368 e. The van der Waals surface area contributed by atoms with Gasteiger partial charge >= 0.3 is 0 Å². The van der Waals surface area contributed by atoms with Gasteiger partial charge in [0.25, 0.3) is 0 Å². The monoisotopic (exact) mass is 290 g/mol. The fourth-order valence-corrected chi connectivity index (χ4v) is 3.39. The molecule has 0 radical (unpaired) electrons. The van der Waals surface area contributed by atoms with Crippen molar-refractivity contribution >= 4 is 27.5 Å². The van der Waals surface area contributed by atoms with Crippen molar-refractivity contribution in [1.82, 2.24) is 10.3 Å². The number of carbonyl (C=O) groups is 1. The molecule has 1 amide bonds. The Balaban J connectivity index is 1.44. The minimum atomic E-state index is -0.225. The number of hydrogen-bond donors (Lipinski definition) is 1. The maximum Gasteiger partial charge on any atom is 0.249 e. The summed E-state index contributed by atoms with van der Waals surface area (Å²) in [6.07, 6.45) is 3.44. The zero-order valence-electron chi connectivity index (χ0n) is 11.3. The van der Waals surface area contributed by atoms with Gasteiger partial charge in [-0.2, -0.15) is 0 Å². The van der Waals surface area contributed by atoms with Crippen molar-refractivity contribution in [3.63, 3.8) is 0 Å². The molecular weight excluding hydrogens is 272 g/mol. The van der Waals surface area contributed by atoms with E-state index >= 15 is 0 Å². The van der Waals surface area contributed by atoms with Gasteiger partial charge in [-0.3, -0.25) is 4.79 Å². The molecule has 0 aliphatic carbocycles. The molecule has 0 spiro atoms. The second-order valence-corrected chi connectivity index (χ2v) is 6.09. The number of nitrogens with zero attached hydrogens (tertiary/aromatic N) is 1. The number of aromatic nitrogens is 1. The Morgan fingerprint density at radius 1 is 1.45 bits per heavy atom. The van der Waals surface area contributed by atoms with Crippen molar-refractivity contribution in [2.75, 3.05) is 13.2 Å². The van der Waals surface area contributed by atoms with Crippen LogP contribution in [0.3, 0.4) is 0 Å². The molecule has 1 saturated heterocycles. The van der Waals surface area contributed by atoms with E-state index in [9.17, 15) is 4.79 Å². The Kier molecular flexibility index (Phi) is 4.28. The van der Waals surface area contributed by atoms with E-state index in [-0.39, 0.29) is 12.0 Å². The van der Waals surface area contributed by atoms with Crippen LogP contribution in [-0.4, -0.2) is 30.1 Å². The van der Waals surface area contributed by atoms with Gasteiger partial charge < -0.3 is 10.1 Å². The number of rotatable bonds is 5. The summed E-state index contributed by atoms with van der Waals surface area (Å²) in [7, 11) is 0. The van der Waals surface area contributed by atoms with Gasteiger partial charge in [0.1, 0.15) is 6.10 Å². The molecule has 0 saturated carbocycles. The molecule has 1 aliphatic heterocycles. The molecule has 1 aromatic heterocycles. The summed E-state index contributed by atoms with van der Waals surface area (Å²) < 4.78 is 6.58. The van der Waals surface area contributed by atoms with Crippen molar-refractivity contribution in [3.8, 4) is 0 Å². The number of nitrogens with one attached hydrogen (secondary N) is 1. The molecule has 1 aliphatic rings. The number of thiazole rings is 1. The number of benzene rings is 1. The lowest BCUT2D eigenvalue weighted by molar-refractivity contribution is -0.130. The molecule has 0 unspecified atom stereocenters. The van der Waals surface area contributed by atoms with Crippen LogP contribution < -0.4 is 5.32 Å². The Labute approximate surface area is 122 Å². The van der Waals surface area contributed by atoms with Gasteiger partial charge in [0.05, 0.1) is 15.2 Å². The van der Waals surface area contributed by atoms with E-state index in [4.69, 9.17) is 4.74 Å². The van der Waals surface area contributed by atoms with Crippen LogP contribution in [0, 0.1) is 0 Å². The van der Waals surface area contributed by atoms with E-state index in [0.29, 0.717) is 13.2 Å². The summed E-state index contributed by atoms with van der Waals surface area (Å²) in [4.78, 5) is 16.3. The van der Waals surface area contributed by atoms with Crippen LogP contribution in [0.2, 0.25) is 0 Å². The Hall–Kier alpha value is -1.46. The normalized spacial score (nSPS) is 18.5. The van der Waals surface area contributed by atoms with Gasteiger partial charge in [-0.25, -0.2) is 4.98 Å². The van der Waals surface area contributed by atoms with E-state index in [1.807, 2.05) is 18.2 Å². The lowest BCUT2D eigenvalue weighted by Gasteiger charge is -2.09. The number of aryl methyl sites for hydroxylation is 1. The topological polar surface area (TPSA) is 51.2 Å². The van der Waals surface area contributed by atoms with E-state index in [2.05, 4.69) is 16.4 Å². The third kappa shape index (κ3) is 3.16. The molecule has 0 bridgehead atoms. The maximum atomic E-state index is 11.7. The SMILES string of the molecule is O=C(NCCCc1nc2ccccc2s1)[C@H]1CCCO1. The van der Waals surface area contributed by atoms with Crippen LogP contribution in [-0.2, 0) is 16.0 Å². The zero-order chi connectivity index (χ0) is 13.8. The standard InChI is InChI=1S/C15H18N2O2S/c18-15(12-6-4-10-19-12)16-9-3-8-14-17-11-5-1-2-7-13(11)20-14/h1-2,5,7,12H,3-4,6,8-10H2,(H,16,18)/t12-/m1/s1. The fraction of sp³-hybridized carbons (Fsp3) is 0.467. The van der Waals surface area contributed by atoms with Crippen LogP contribution in [0.25, 0.3) is 10.2 Å². The van der Waals surface area contributed by atoms with Crippen LogP contribution in [0.1, 0.15) is 24.3 Å². The lowest BCUT2D eigenvalue weighted by Crippen LogP contribution is -2.34. The summed E-state index contributed by atoms with van der Waals surface area (Å²) in [6.45, 7) is 1.40. The van der Waals surface area contributed by atoms with Crippen LogP contribution in [0.5, 0.6) is 0 Å². The number of amides is 1. The number of ether oxygens (including phenoxy) is 1. The summed E-state index contributed by atoms with van der Waals surface area (Å²) in [5.41, 5.74) is 1.07. The summed E-state index contributed by atoms with van der Waals surface area (Å²) >= 11 is 1.73. The Morgan fingerprint density at radius 2 is 2.35 bits per heavy atom. The zero-order valence-corrected chi connectivity index (χ0v) is 12.1. The van der Waals surface area contributed by atoms with Crippen molar-refractivity contribution < 1.29 is 9.53 Å². The first-order chi connectivity index (χ1) is 9.83. The maximum absolute atomic E-state index is 11.7. The van der Waals surface area contributed by atoms with Crippen LogP contribution in [0.4, 0.5) is 0 Å². The molecule has 2 heterocycles. The molecular formula is C15H18N2O2S. The summed E-state index contributed by atoms with van der Waals surface area (Å²) in [5.74, 6) is 0.0341. The first-order valence-corrected chi connectivity index (χ1v) is 7.88. The Morgan fingerprint density at radius 3 is 3.15 bits per heavy atom. The number of fused-ring (bicyclic) bond motifs is 1. The predicted molar refractivity (Wildman–Crippen MR) is 79.9 cm³/mol. The smallest absolute Gasteiger partial charge is 0.249 e. The first-order valence-electron chi connectivity index (χ1n) is 7.07. The van der Waals surface area contributed by atoms with Gasteiger partial charge in [-0.15, -0.1) is 11.3 Å². The summed E-state index contributed by atoms with van der Waals surface area (Å²) in [5, 5.41) is 4.08. The van der Waals surface area contributed by atoms with Gasteiger partial charge in [0.15, 0.2) is 0 Å². The second kappa shape index (κ2) is 6.33. The molecule has 4 nitrogen and oxygen atoms in total. The van der Waals surface area contributed by atoms with Gasteiger partial charge in [0, 0.05) is 19.6 Å². The molecule has 3 rings (SSSR count). The first kappa shape index (κ1) is 13.5. The molecule has 1 atom stereocenters. The quantitative estimate of drug-likeness (QED) is 0.861. The van der Waals surface area contributed by atoms with Crippen molar-refractivity contribution in [1.29, 1.82) is 0 Å². The van der Waals surface area contributed by atoms with Crippen LogP contribution in [0.15, 0.2) is 24.3 Å². The van der Waals surface area contributed by atoms with E-state index in [1.54, 1.807) is 11.3 Å². The highest BCUT2D eigenvalue weighted by Crippen LogP contribution is 2.22. The molecule has 2 aromatic rings. The third-order valence-corrected chi connectivity index (χ3v) is 4.52. The second-order valence-electron chi connectivity index (χ2n) is 4.97. The third-order valence-electron chi connectivity index (χ3n) is 3.43. The highest BCUT2D eigenvalue weighted by Gasteiger charge is 2.22. The van der Waals surface area contributed by atoms with Gasteiger partial charge in [-0.1, -0.05) is 12.1 Å². The summed E-state index contributed by atoms with van der Waals surface area (Å²) in [6, 6.07) is 8.17. The molecule has 1 N–H and O–H groups in total. The number of carbonyl (C=O) groups excluding carboxylic acids is 1. The van der Waals surface area contributed by atoms with Crippen LogP contribution >= 0.6 is 11.3 Å². The highest BCUT2D eigenvalue weighted by molar-refractivity contribution is 7.18. The molecule has 1 fully saturated rings. The van der Waals surface area contributed by atoms with E-state index in [0.717, 1.165) is 36.2 Å². The Bertz CT molecular complexity index is 557. The number of para-hydroxylation sites is 1. The predicted octanol–water partition coefficient (Wildman–Crippen LogP) is 2.52. The minimum Gasteiger partial charge on any atom is -0.368 e. The fourth-order valence-electron chi connectivity index (χ4n) is 2.38. The van der Waals surface area contributed by atoms with Gasteiger partial charge in [0.2, 0.25) is 5.91 Å². The van der Waals surface area contributed by atoms with E-state index in [1.165, 1.54) is 4.70 Å². The minimum absolute atomic E-state index is 0.0341. The lowest BCUT2D eigenvalue weighted by atomic mass is 10.2. The molecule has 1 aromatic carbocycles. The average molecular weight is 290 g/mol. The molecule has 20 heavy (non-hydrogen) atoms. The average Bonchev–Trinajstić information content (AvgIpc) is 3.11. The molecule has 5 heteroatoms. The van der Waals surface area contributed by atoms with Crippen molar-refractivity contribution in [3.05, 3.63) is 29.3 Å². The van der Waals surface area contributed by atoms with Gasteiger partial charge in [-0.05, 0) is 31.4 Å². The number of hydrogen-bond acceptors (Lipinski definition) is 4. The highest BCUT2D eigenvalue weighted by atomic mass is 32.1.